The smallest absolute Gasteiger partial charge is 0.340 e. The second kappa shape index (κ2) is 6.88. The number of Topliss-reactive ketones (excluding diaryl/α,β-unsaturated/α-hetero) is 1. The molecule has 0 fully saturated rings. The molecule has 1 unspecified atom stereocenters. The first-order valence-electron chi connectivity index (χ1n) is 7.76. The van der Waals surface area contributed by atoms with E-state index in [9.17, 15) is 18.4 Å². The number of H-pyrrole nitrogens is 1. The lowest BCUT2D eigenvalue weighted by Crippen LogP contribution is -2.25. The standard InChI is InChI=1S/C19H14ClF2NO3/c1-9-17(11-5-3-4-6-16(11)23-9)18(24)10(2)26-19(25)12-7-14(21)15(22)8-13(12)20/h3-8,10,23H,1-2H3. The van der Waals surface area contributed by atoms with Crippen molar-refractivity contribution in [3.05, 3.63) is 69.9 Å². The third-order valence-corrected chi connectivity index (χ3v) is 4.34. The van der Waals surface area contributed by atoms with Gasteiger partial charge in [0.15, 0.2) is 17.7 Å². The highest BCUT2D eigenvalue weighted by Gasteiger charge is 2.26. The van der Waals surface area contributed by atoms with Crippen LogP contribution in [0.15, 0.2) is 36.4 Å². The van der Waals surface area contributed by atoms with Crippen LogP contribution >= 0.6 is 11.6 Å². The molecule has 2 aromatic carbocycles. The SMILES string of the molecule is Cc1[nH]c2ccccc2c1C(=O)C(C)OC(=O)c1cc(F)c(F)cc1Cl. The van der Waals surface area contributed by atoms with Gasteiger partial charge in [0.1, 0.15) is 0 Å². The molecule has 0 spiro atoms. The number of aryl methyl sites for hydroxylation is 1. The van der Waals surface area contributed by atoms with Gasteiger partial charge in [-0.05, 0) is 32.0 Å². The molecule has 0 aliphatic carbocycles. The normalized spacial score (nSPS) is 12.2. The van der Waals surface area contributed by atoms with Crippen molar-refractivity contribution in [3.8, 4) is 0 Å². The molecule has 0 amide bonds. The molecule has 26 heavy (non-hydrogen) atoms. The minimum Gasteiger partial charge on any atom is -0.451 e. The van der Waals surface area contributed by atoms with Crippen LogP contribution in [-0.4, -0.2) is 22.8 Å². The fourth-order valence-electron chi connectivity index (χ4n) is 2.75. The second-order valence-electron chi connectivity index (χ2n) is 5.83. The Morgan fingerprint density at radius 1 is 1.15 bits per heavy atom. The summed E-state index contributed by atoms with van der Waals surface area (Å²) in [6, 6.07) is 8.58. The van der Waals surface area contributed by atoms with Gasteiger partial charge in [-0.15, -0.1) is 0 Å². The summed E-state index contributed by atoms with van der Waals surface area (Å²) in [5, 5.41) is 0.417. The number of carbonyl (C=O) groups is 2. The van der Waals surface area contributed by atoms with Crippen molar-refractivity contribution in [3.63, 3.8) is 0 Å². The Morgan fingerprint density at radius 2 is 1.81 bits per heavy atom. The topological polar surface area (TPSA) is 59.2 Å². The van der Waals surface area contributed by atoms with Crippen LogP contribution in [0.2, 0.25) is 5.02 Å². The van der Waals surface area contributed by atoms with Crippen molar-refractivity contribution in [2.75, 3.05) is 0 Å². The molecular formula is C19H14ClF2NO3. The highest BCUT2D eigenvalue weighted by molar-refractivity contribution is 6.33. The number of ketones is 1. The van der Waals surface area contributed by atoms with Gasteiger partial charge in [-0.1, -0.05) is 29.8 Å². The average Bonchev–Trinajstić information content (AvgIpc) is 2.92. The molecule has 7 heteroatoms. The first-order valence-corrected chi connectivity index (χ1v) is 8.14. The molecule has 0 aliphatic heterocycles. The summed E-state index contributed by atoms with van der Waals surface area (Å²) in [4.78, 5) is 28.1. The number of hydrogen-bond donors (Lipinski definition) is 1. The molecule has 0 aliphatic rings. The lowest BCUT2D eigenvalue weighted by Gasteiger charge is -2.13. The van der Waals surface area contributed by atoms with E-state index in [4.69, 9.17) is 16.3 Å². The molecule has 3 rings (SSSR count). The summed E-state index contributed by atoms with van der Waals surface area (Å²) in [5.74, 6) is -3.82. The van der Waals surface area contributed by atoms with Gasteiger partial charge in [0.25, 0.3) is 0 Å². The number of aromatic nitrogens is 1. The van der Waals surface area contributed by atoms with Crippen LogP contribution in [0.4, 0.5) is 8.78 Å². The molecule has 4 nitrogen and oxygen atoms in total. The van der Waals surface area contributed by atoms with Crippen molar-refractivity contribution < 1.29 is 23.1 Å². The van der Waals surface area contributed by atoms with Crippen LogP contribution in [0, 0.1) is 18.6 Å². The molecule has 0 radical (unpaired) electrons. The lowest BCUT2D eigenvalue weighted by molar-refractivity contribution is 0.0318. The van der Waals surface area contributed by atoms with E-state index in [1.165, 1.54) is 6.92 Å². The first kappa shape index (κ1) is 18.1. The number of benzene rings is 2. The van der Waals surface area contributed by atoms with E-state index in [2.05, 4.69) is 4.98 Å². The number of hydrogen-bond acceptors (Lipinski definition) is 3. The number of nitrogens with one attached hydrogen (secondary N) is 1. The quantitative estimate of drug-likeness (QED) is 0.402. The lowest BCUT2D eigenvalue weighted by atomic mass is 10.0. The number of rotatable bonds is 4. The third kappa shape index (κ3) is 3.20. The molecule has 1 aromatic heterocycles. The second-order valence-corrected chi connectivity index (χ2v) is 6.24. The van der Waals surface area contributed by atoms with Crippen LogP contribution < -0.4 is 0 Å². The van der Waals surface area contributed by atoms with E-state index in [0.717, 1.165) is 5.52 Å². The predicted molar refractivity (Wildman–Crippen MR) is 93.6 cm³/mol. The number of carbonyl (C=O) groups excluding carboxylic acids is 2. The molecule has 0 saturated carbocycles. The summed E-state index contributed by atoms with van der Waals surface area (Å²) < 4.78 is 31.6. The summed E-state index contributed by atoms with van der Waals surface area (Å²) in [7, 11) is 0. The number of halogens is 3. The maximum absolute atomic E-state index is 13.4. The molecule has 0 bridgehead atoms. The third-order valence-electron chi connectivity index (χ3n) is 4.02. The summed E-state index contributed by atoms with van der Waals surface area (Å²) in [5.41, 5.74) is 1.50. The van der Waals surface area contributed by atoms with Crippen molar-refractivity contribution in [2.45, 2.75) is 20.0 Å². The maximum atomic E-state index is 13.4. The number of ether oxygens (including phenoxy) is 1. The molecule has 1 heterocycles. The number of esters is 1. The Hall–Kier alpha value is -2.73. The Balaban J connectivity index is 1.86. The Bertz CT molecular complexity index is 1030. The Kier molecular flexibility index (Phi) is 4.78. The highest BCUT2D eigenvalue weighted by atomic mass is 35.5. The van der Waals surface area contributed by atoms with E-state index in [1.54, 1.807) is 19.1 Å². The number of fused-ring (bicyclic) bond motifs is 1. The van der Waals surface area contributed by atoms with Crippen molar-refractivity contribution >= 4 is 34.3 Å². The van der Waals surface area contributed by atoms with Crippen LogP contribution in [0.1, 0.15) is 33.3 Å². The van der Waals surface area contributed by atoms with E-state index in [1.807, 2.05) is 12.1 Å². The average molecular weight is 378 g/mol. The minimum absolute atomic E-state index is 0.295. The van der Waals surface area contributed by atoms with Gasteiger partial charge in [-0.3, -0.25) is 4.79 Å². The largest absolute Gasteiger partial charge is 0.451 e. The molecular weight excluding hydrogens is 364 g/mol. The van der Waals surface area contributed by atoms with Crippen molar-refractivity contribution in [1.29, 1.82) is 0 Å². The Morgan fingerprint density at radius 3 is 2.54 bits per heavy atom. The molecule has 1 N–H and O–H groups in total. The van der Waals surface area contributed by atoms with Gasteiger partial charge in [0, 0.05) is 22.2 Å². The number of aromatic amines is 1. The van der Waals surface area contributed by atoms with Gasteiger partial charge < -0.3 is 9.72 Å². The van der Waals surface area contributed by atoms with Crippen LogP contribution in [-0.2, 0) is 4.74 Å². The number of para-hydroxylation sites is 1. The van der Waals surface area contributed by atoms with Gasteiger partial charge in [-0.2, -0.15) is 0 Å². The van der Waals surface area contributed by atoms with Crippen LogP contribution in [0.25, 0.3) is 10.9 Å². The fraction of sp³-hybridized carbons (Fsp3) is 0.158. The molecule has 134 valence electrons. The van der Waals surface area contributed by atoms with Crippen LogP contribution in [0.5, 0.6) is 0 Å². The zero-order valence-electron chi connectivity index (χ0n) is 13.9. The van der Waals surface area contributed by atoms with Gasteiger partial charge in [0.05, 0.1) is 10.6 Å². The monoisotopic (exact) mass is 377 g/mol. The molecule has 1 atom stereocenters. The van der Waals surface area contributed by atoms with Crippen molar-refractivity contribution in [2.24, 2.45) is 0 Å². The van der Waals surface area contributed by atoms with E-state index < -0.39 is 29.5 Å². The van der Waals surface area contributed by atoms with Gasteiger partial charge in [0.2, 0.25) is 5.78 Å². The zero-order valence-corrected chi connectivity index (χ0v) is 14.7. The predicted octanol–water partition coefficient (Wildman–Crippen LogP) is 4.84. The van der Waals surface area contributed by atoms with Gasteiger partial charge >= 0.3 is 5.97 Å². The van der Waals surface area contributed by atoms with Crippen LogP contribution in [0.3, 0.4) is 0 Å². The highest BCUT2D eigenvalue weighted by Crippen LogP contribution is 2.25. The van der Waals surface area contributed by atoms with Gasteiger partial charge in [-0.25, -0.2) is 13.6 Å². The molecule has 0 saturated heterocycles. The fourth-order valence-corrected chi connectivity index (χ4v) is 2.98. The van der Waals surface area contributed by atoms with E-state index in [-0.39, 0.29) is 10.6 Å². The van der Waals surface area contributed by atoms with E-state index in [0.29, 0.717) is 28.8 Å². The minimum atomic E-state index is -1.23. The molecule has 3 aromatic rings. The van der Waals surface area contributed by atoms with E-state index >= 15 is 0 Å². The first-order chi connectivity index (χ1) is 12.3. The van der Waals surface area contributed by atoms with Crippen molar-refractivity contribution in [1.82, 2.24) is 4.98 Å². The summed E-state index contributed by atoms with van der Waals surface area (Å²) in [6.07, 6.45) is -1.13. The summed E-state index contributed by atoms with van der Waals surface area (Å²) in [6.45, 7) is 3.16. The summed E-state index contributed by atoms with van der Waals surface area (Å²) >= 11 is 5.76. The maximum Gasteiger partial charge on any atom is 0.340 e. The zero-order chi connectivity index (χ0) is 19.0. The Labute approximate surface area is 152 Å².